The van der Waals surface area contributed by atoms with Crippen molar-refractivity contribution in [2.45, 2.75) is 59.5 Å². The van der Waals surface area contributed by atoms with Crippen molar-refractivity contribution < 1.29 is 4.79 Å². The zero-order chi connectivity index (χ0) is 13.3. The molecule has 1 aromatic heterocycles. The van der Waals surface area contributed by atoms with Crippen molar-refractivity contribution in [2.75, 3.05) is 6.54 Å². The van der Waals surface area contributed by atoms with Gasteiger partial charge in [0.2, 0.25) is 5.91 Å². The average Bonchev–Trinajstić information content (AvgIpc) is 3.17. The van der Waals surface area contributed by atoms with Crippen LogP contribution >= 0.6 is 0 Å². The van der Waals surface area contributed by atoms with E-state index in [-0.39, 0.29) is 5.91 Å². The molecule has 4 heteroatoms. The number of nitrogens with zero attached hydrogens (tertiary/aromatic N) is 3. The summed E-state index contributed by atoms with van der Waals surface area (Å²) >= 11 is 0. The summed E-state index contributed by atoms with van der Waals surface area (Å²) < 4.78 is 2.34. The van der Waals surface area contributed by atoms with Gasteiger partial charge in [0.1, 0.15) is 5.82 Å². The Balaban J connectivity index is 0.000000574. The van der Waals surface area contributed by atoms with Gasteiger partial charge < -0.3 is 9.47 Å². The van der Waals surface area contributed by atoms with E-state index in [1.54, 1.807) is 6.92 Å². The predicted octanol–water partition coefficient (Wildman–Crippen LogP) is 2.46. The molecule has 0 bridgehead atoms. The lowest BCUT2D eigenvalue weighted by atomic mass is 10.2. The van der Waals surface area contributed by atoms with Crippen LogP contribution < -0.4 is 0 Å². The fourth-order valence-electron chi connectivity index (χ4n) is 2.48. The van der Waals surface area contributed by atoms with Gasteiger partial charge in [-0.3, -0.25) is 4.79 Å². The second-order valence-electron chi connectivity index (χ2n) is 4.87. The lowest BCUT2D eigenvalue weighted by Gasteiger charge is -2.28. The molecule has 1 saturated carbocycles. The lowest BCUT2D eigenvalue weighted by molar-refractivity contribution is -0.130. The topological polar surface area (TPSA) is 38.1 Å². The van der Waals surface area contributed by atoms with Crippen LogP contribution in [0.2, 0.25) is 0 Å². The fraction of sp³-hybridized carbons (Fsp3) is 0.714. The van der Waals surface area contributed by atoms with Gasteiger partial charge in [0.25, 0.3) is 0 Å². The molecule has 4 nitrogen and oxygen atoms in total. The molecular formula is C14H23N3O. The summed E-state index contributed by atoms with van der Waals surface area (Å²) in [4.78, 5) is 17.9. The maximum Gasteiger partial charge on any atom is 0.219 e. The average molecular weight is 249 g/mol. The Bertz CT molecular complexity index is 446. The Hall–Kier alpha value is -1.32. The van der Waals surface area contributed by atoms with Crippen molar-refractivity contribution >= 4 is 5.91 Å². The van der Waals surface area contributed by atoms with Crippen molar-refractivity contribution in [1.29, 1.82) is 0 Å². The molecular weight excluding hydrogens is 226 g/mol. The largest absolute Gasteiger partial charge is 0.335 e. The van der Waals surface area contributed by atoms with Gasteiger partial charge in [-0.2, -0.15) is 0 Å². The smallest absolute Gasteiger partial charge is 0.219 e. The van der Waals surface area contributed by atoms with Crippen LogP contribution in [0.5, 0.6) is 0 Å². The van der Waals surface area contributed by atoms with Crippen LogP contribution in [0.25, 0.3) is 0 Å². The van der Waals surface area contributed by atoms with Crippen molar-refractivity contribution in [3.05, 3.63) is 17.2 Å². The van der Waals surface area contributed by atoms with Crippen molar-refractivity contribution in [1.82, 2.24) is 14.5 Å². The lowest BCUT2D eigenvalue weighted by Crippen LogP contribution is -2.37. The van der Waals surface area contributed by atoms with Crippen LogP contribution in [-0.4, -0.2) is 26.9 Å². The predicted molar refractivity (Wildman–Crippen MR) is 71.4 cm³/mol. The van der Waals surface area contributed by atoms with Crippen LogP contribution in [0.4, 0.5) is 0 Å². The van der Waals surface area contributed by atoms with E-state index in [1.807, 2.05) is 18.7 Å². The van der Waals surface area contributed by atoms with E-state index in [2.05, 4.69) is 16.5 Å². The van der Waals surface area contributed by atoms with Crippen LogP contribution in [0.1, 0.15) is 56.7 Å². The van der Waals surface area contributed by atoms with Gasteiger partial charge in [-0.15, -0.1) is 0 Å². The quantitative estimate of drug-likeness (QED) is 0.767. The summed E-state index contributed by atoms with van der Waals surface area (Å²) in [6.45, 7) is 10.2. The molecule has 1 aliphatic carbocycles. The molecule has 0 atom stereocenters. The third-order valence-electron chi connectivity index (χ3n) is 3.62. The SMILES string of the molecule is CC.CC(=O)N1CCn2c(C3CC3)nc(C)c2C1. The highest BCUT2D eigenvalue weighted by molar-refractivity contribution is 5.73. The van der Waals surface area contributed by atoms with Crippen LogP contribution in [0.3, 0.4) is 0 Å². The van der Waals surface area contributed by atoms with Gasteiger partial charge >= 0.3 is 0 Å². The van der Waals surface area contributed by atoms with E-state index < -0.39 is 0 Å². The summed E-state index contributed by atoms with van der Waals surface area (Å²) in [6.07, 6.45) is 2.57. The molecule has 0 radical (unpaired) electrons. The van der Waals surface area contributed by atoms with Crippen molar-refractivity contribution in [2.24, 2.45) is 0 Å². The molecule has 3 rings (SSSR count). The number of aromatic nitrogens is 2. The molecule has 1 aromatic rings. The van der Waals surface area contributed by atoms with Gasteiger partial charge in [0, 0.05) is 25.9 Å². The Morgan fingerprint density at radius 2 is 1.94 bits per heavy atom. The minimum Gasteiger partial charge on any atom is -0.335 e. The first-order chi connectivity index (χ1) is 8.66. The van der Waals surface area contributed by atoms with Crippen molar-refractivity contribution in [3.8, 4) is 0 Å². The summed E-state index contributed by atoms with van der Waals surface area (Å²) in [6, 6.07) is 0. The first-order valence-electron chi connectivity index (χ1n) is 6.98. The molecule has 0 N–H and O–H groups in total. The maximum absolute atomic E-state index is 11.4. The number of carbonyl (C=O) groups excluding carboxylic acids is 1. The minimum atomic E-state index is 0.167. The highest BCUT2D eigenvalue weighted by Crippen LogP contribution is 2.40. The first kappa shape index (κ1) is 13.1. The molecule has 100 valence electrons. The van der Waals surface area contributed by atoms with Gasteiger partial charge in [-0.05, 0) is 19.8 Å². The standard InChI is InChI=1S/C12H17N3O.C2H6/c1-8-11-7-14(9(2)16)5-6-15(11)12(13-8)10-3-4-10;1-2/h10H,3-7H2,1-2H3;1-2H3. The minimum absolute atomic E-state index is 0.167. The number of rotatable bonds is 1. The molecule has 2 heterocycles. The second-order valence-corrected chi connectivity index (χ2v) is 4.87. The van der Waals surface area contributed by atoms with E-state index in [0.29, 0.717) is 5.92 Å². The van der Waals surface area contributed by atoms with E-state index >= 15 is 0 Å². The van der Waals surface area contributed by atoms with E-state index in [4.69, 9.17) is 0 Å². The highest BCUT2D eigenvalue weighted by Gasteiger charge is 2.32. The van der Waals surface area contributed by atoms with E-state index in [0.717, 1.165) is 25.3 Å². The second kappa shape index (κ2) is 5.12. The number of hydrogen-bond acceptors (Lipinski definition) is 2. The number of carbonyl (C=O) groups is 1. The summed E-state index contributed by atoms with van der Waals surface area (Å²) in [5.41, 5.74) is 2.34. The fourth-order valence-corrected chi connectivity index (χ4v) is 2.48. The highest BCUT2D eigenvalue weighted by atomic mass is 16.2. The molecule has 1 aliphatic heterocycles. The van der Waals surface area contributed by atoms with E-state index in [9.17, 15) is 4.79 Å². The number of aryl methyl sites for hydroxylation is 1. The monoisotopic (exact) mass is 249 g/mol. The molecule has 18 heavy (non-hydrogen) atoms. The summed E-state index contributed by atoms with van der Waals surface area (Å²) in [7, 11) is 0. The van der Waals surface area contributed by atoms with Crippen LogP contribution in [0, 0.1) is 6.92 Å². The first-order valence-corrected chi connectivity index (χ1v) is 6.98. The Labute approximate surface area is 109 Å². The van der Waals surface area contributed by atoms with Gasteiger partial charge in [-0.1, -0.05) is 13.8 Å². The molecule has 1 fully saturated rings. The molecule has 0 saturated heterocycles. The van der Waals surface area contributed by atoms with Crippen LogP contribution in [0.15, 0.2) is 0 Å². The zero-order valence-electron chi connectivity index (χ0n) is 11.9. The number of fused-ring (bicyclic) bond motifs is 1. The number of hydrogen-bond donors (Lipinski definition) is 0. The van der Waals surface area contributed by atoms with Gasteiger partial charge in [-0.25, -0.2) is 4.98 Å². The molecule has 0 spiro atoms. The summed E-state index contributed by atoms with van der Waals surface area (Å²) in [5, 5.41) is 0. The molecule has 0 aromatic carbocycles. The Kier molecular flexibility index (Phi) is 3.73. The van der Waals surface area contributed by atoms with Crippen molar-refractivity contribution in [3.63, 3.8) is 0 Å². The number of amides is 1. The zero-order valence-corrected chi connectivity index (χ0v) is 11.9. The Morgan fingerprint density at radius 1 is 1.28 bits per heavy atom. The third-order valence-corrected chi connectivity index (χ3v) is 3.62. The van der Waals surface area contributed by atoms with Crippen LogP contribution in [-0.2, 0) is 17.9 Å². The molecule has 2 aliphatic rings. The van der Waals surface area contributed by atoms with E-state index in [1.165, 1.54) is 24.4 Å². The summed E-state index contributed by atoms with van der Waals surface area (Å²) in [5.74, 6) is 2.12. The third kappa shape index (κ3) is 2.28. The van der Waals surface area contributed by atoms with Gasteiger partial charge in [0.05, 0.1) is 17.9 Å². The molecule has 0 unspecified atom stereocenters. The Morgan fingerprint density at radius 3 is 2.50 bits per heavy atom. The van der Waals surface area contributed by atoms with Gasteiger partial charge in [0.15, 0.2) is 0 Å². The number of imidazole rings is 1. The normalized spacial score (nSPS) is 17.9. The maximum atomic E-state index is 11.4. The molecule has 1 amide bonds.